The summed E-state index contributed by atoms with van der Waals surface area (Å²) in [6.45, 7) is 0.0521. The SMILES string of the molecule is O=C1Cn2cccc2/C(=C\Oc2ccc(O)cc2)N1Cc1cccc(C(F)(F)F)c1. The zero-order valence-electron chi connectivity index (χ0n) is 15.6. The summed E-state index contributed by atoms with van der Waals surface area (Å²) in [4.78, 5) is 14.2. The standard InChI is InChI=1S/C22H17F3N2O3/c23-22(24,25)16-4-1-3-15(11-16)12-27-20(14-30-18-8-6-17(28)7-9-18)19-5-2-10-26(19)13-21(27)29/h1-11,14,28H,12-13H2/b20-14+. The number of carbonyl (C=O) groups is 1. The quantitative estimate of drug-likeness (QED) is 0.634. The normalized spacial score (nSPS) is 15.4. The molecule has 3 aromatic rings. The van der Waals surface area contributed by atoms with Gasteiger partial charge in [0.1, 0.15) is 30.0 Å². The highest BCUT2D eigenvalue weighted by Crippen LogP contribution is 2.32. The van der Waals surface area contributed by atoms with Gasteiger partial charge in [-0.2, -0.15) is 13.2 Å². The van der Waals surface area contributed by atoms with Gasteiger partial charge in [0.05, 0.1) is 17.8 Å². The van der Waals surface area contributed by atoms with Crippen molar-refractivity contribution in [2.45, 2.75) is 19.3 Å². The number of hydrogen-bond donors (Lipinski definition) is 1. The highest BCUT2D eigenvalue weighted by Gasteiger charge is 2.32. The molecule has 4 rings (SSSR count). The number of hydrogen-bond acceptors (Lipinski definition) is 3. The number of aromatic nitrogens is 1. The number of fused-ring (bicyclic) bond motifs is 1. The lowest BCUT2D eigenvalue weighted by atomic mass is 10.1. The van der Waals surface area contributed by atoms with Crippen molar-refractivity contribution < 1.29 is 27.8 Å². The van der Waals surface area contributed by atoms with Crippen molar-refractivity contribution in [2.75, 3.05) is 0 Å². The fourth-order valence-electron chi connectivity index (χ4n) is 3.26. The van der Waals surface area contributed by atoms with Gasteiger partial charge in [0.2, 0.25) is 5.91 Å². The molecule has 0 saturated carbocycles. The molecule has 1 aliphatic rings. The Kier molecular flexibility index (Phi) is 4.99. The molecule has 154 valence electrons. The molecule has 0 bridgehead atoms. The largest absolute Gasteiger partial charge is 0.508 e. The van der Waals surface area contributed by atoms with Gasteiger partial charge < -0.3 is 19.3 Å². The van der Waals surface area contributed by atoms with E-state index in [4.69, 9.17) is 4.74 Å². The molecular formula is C22H17F3N2O3. The summed E-state index contributed by atoms with van der Waals surface area (Å²) < 4.78 is 46.6. The van der Waals surface area contributed by atoms with Crippen LogP contribution in [0.25, 0.3) is 5.70 Å². The second-order valence-corrected chi connectivity index (χ2v) is 6.81. The van der Waals surface area contributed by atoms with Crippen molar-refractivity contribution in [1.82, 2.24) is 9.47 Å². The van der Waals surface area contributed by atoms with Crippen molar-refractivity contribution >= 4 is 11.6 Å². The van der Waals surface area contributed by atoms with Crippen LogP contribution in [0.3, 0.4) is 0 Å². The van der Waals surface area contributed by atoms with Crippen molar-refractivity contribution in [3.05, 3.63) is 89.9 Å². The van der Waals surface area contributed by atoms with Gasteiger partial charge >= 0.3 is 6.18 Å². The van der Waals surface area contributed by atoms with Crippen molar-refractivity contribution in [1.29, 1.82) is 0 Å². The Balaban J connectivity index is 1.67. The molecule has 0 saturated heterocycles. The van der Waals surface area contributed by atoms with Crippen molar-refractivity contribution in [2.24, 2.45) is 0 Å². The summed E-state index contributed by atoms with van der Waals surface area (Å²) in [6.07, 6.45) is -1.32. The summed E-state index contributed by atoms with van der Waals surface area (Å²) in [5, 5.41) is 9.39. The number of phenolic OH excluding ortho intramolecular Hbond substituents is 1. The minimum Gasteiger partial charge on any atom is -0.508 e. The molecule has 1 aliphatic heterocycles. The molecule has 1 amide bonds. The molecule has 2 aromatic carbocycles. The number of aromatic hydroxyl groups is 1. The Hall–Kier alpha value is -3.68. The number of rotatable bonds is 4. The Morgan fingerprint density at radius 3 is 2.57 bits per heavy atom. The zero-order chi connectivity index (χ0) is 21.3. The molecule has 30 heavy (non-hydrogen) atoms. The lowest BCUT2D eigenvalue weighted by molar-refractivity contribution is -0.137. The second kappa shape index (κ2) is 7.62. The van der Waals surface area contributed by atoms with E-state index in [9.17, 15) is 23.1 Å². The van der Waals surface area contributed by atoms with Gasteiger partial charge in [-0.15, -0.1) is 0 Å². The van der Waals surface area contributed by atoms with Crippen LogP contribution in [0.1, 0.15) is 16.8 Å². The molecule has 2 heterocycles. The Bertz CT molecular complexity index is 1100. The molecular weight excluding hydrogens is 397 g/mol. The van der Waals surface area contributed by atoms with Crippen LogP contribution in [-0.2, 0) is 24.1 Å². The number of amides is 1. The van der Waals surface area contributed by atoms with Gasteiger partial charge in [0.15, 0.2) is 0 Å². The van der Waals surface area contributed by atoms with E-state index in [-0.39, 0.29) is 24.7 Å². The van der Waals surface area contributed by atoms with Crippen LogP contribution in [0.15, 0.2) is 73.1 Å². The van der Waals surface area contributed by atoms with Gasteiger partial charge in [-0.05, 0) is 54.1 Å². The number of alkyl halides is 3. The predicted octanol–water partition coefficient (Wildman–Crippen LogP) is 4.63. The van der Waals surface area contributed by atoms with Crippen molar-refractivity contribution in [3.8, 4) is 11.5 Å². The molecule has 0 spiro atoms. The maximum atomic E-state index is 13.1. The van der Waals surface area contributed by atoms with Crippen molar-refractivity contribution in [3.63, 3.8) is 0 Å². The second-order valence-electron chi connectivity index (χ2n) is 6.81. The minimum absolute atomic E-state index is 0.0291. The van der Waals surface area contributed by atoms with Crippen LogP contribution in [-0.4, -0.2) is 20.5 Å². The fraction of sp³-hybridized carbons (Fsp3) is 0.136. The summed E-state index contributed by atoms with van der Waals surface area (Å²) in [7, 11) is 0. The molecule has 0 unspecified atom stereocenters. The lowest BCUT2D eigenvalue weighted by Gasteiger charge is -2.31. The van der Waals surface area contributed by atoms with E-state index in [0.29, 0.717) is 22.7 Å². The van der Waals surface area contributed by atoms with E-state index in [1.165, 1.54) is 29.4 Å². The molecule has 1 N–H and O–H groups in total. The van der Waals surface area contributed by atoms with E-state index in [0.717, 1.165) is 12.1 Å². The monoisotopic (exact) mass is 414 g/mol. The highest BCUT2D eigenvalue weighted by atomic mass is 19.4. The Morgan fingerprint density at radius 2 is 1.83 bits per heavy atom. The topological polar surface area (TPSA) is 54.7 Å². The predicted molar refractivity (Wildman–Crippen MR) is 103 cm³/mol. The number of benzene rings is 2. The van der Waals surface area contributed by atoms with Crippen LogP contribution in [0, 0.1) is 0 Å². The molecule has 0 fully saturated rings. The van der Waals surface area contributed by atoms with Crippen LogP contribution < -0.4 is 4.74 Å². The first-order valence-electron chi connectivity index (χ1n) is 9.09. The summed E-state index contributed by atoms with van der Waals surface area (Å²) >= 11 is 0. The van der Waals surface area contributed by atoms with Gasteiger partial charge in [-0.25, -0.2) is 0 Å². The molecule has 8 heteroatoms. The van der Waals surface area contributed by atoms with Crippen LogP contribution in [0.5, 0.6) is 11.5 Å². The average molecular weight is 414 g/mol. The average Bonchev–Trinajstić information content (AvgIpc) is 3.16. The van der Waals surface area contributed by atoms with E-state index in [1.54, 1.807) is 41.1 Å². The molecule has 1 aromatic heterocycles. The maximum Gasteiger partial charge on any atom is 0.416 e. The first-order valence-corrected chi connectivity index (χ1v) is 9.09. The van der Waals surface area contributed by atoms with Gasteiger partial charge in [0, 0.05) is 6.20 Å². The summed E-state index contributed by atoms with van der Waals surface area (Å²) in [5.41, 5.74) is 0.731. The third-order valence-corrected chi connectivity index (χ3v) is 4.73. The summed E-state index contributed by atoms with van der Waals surface area (Å²) in [6, 6.07) is 14.5. The number of ether oxygens (including phenoxy) is 1. The number of carbonyl (C=O) groups excluding carboxylic acids is 1. The van der Waals surface area contributed by atoms with Crippen LogP contribution in [0.4, 0.5) is 13.2 Å². The minimum atomic E-state index is -4.46. The third-order valence-electron chi connectivity index (χ3n) is 4.73. The Morgan fingerprint density at radius 1 is 1.07 bits per heavy atom. The van der Waals surface area contributed by atoms with E-state index in [2.05, 4.69) is 0 Å². The van der Waals surface area contributed by atoms with E-state index >= 15 is 0 Å². The van der Waals surface area contributed by atoms with E-state index in [1.807, 2.05) is 0 Å². The zero-order valence-corrected chi connectivity index (χ0v) is 15.6. The number of nitrogens with zero attached hydrogens (tertiary/aromatic N) is 2. The molecule has 5 nitrogen and oxygen atoms in total. The Labute approximate surface area is 170 Å². The van der Waals surface area contributed by atoms with E-state index < -0.39 is 11.7 Å². The first-order chi connectivity index (χ1) is 14.3. The summed E-state index contributed by atoms with van der Waals surface area (Å²) in [5.74, 6) is 0.259. The lowest BCUT2D eigenvalue weighted by Crippen LogP contribution is -2.37. The third kappa shape index (κ3) is 4.03. The maximum absolute atomic E-state index is 13.1. The molecule has 0 radical (unpaired) electrons. The van der Waals surface area contributed by atoms with Crippen LogP contribution >= 0.6 is 0 Å². The molecule has 0 atom stereocenters. The fourth-order valence-corrected chi connectivity index (χ4v) is 3.26. The number of phenols is 1. The molecule has 0 aliphatic carbocycles. The van der Waals surface area contributed by atoms with Gasteiger partial charge in [0.25, 0.3) is 0 Å². The smallest absolute Gasteiger partial charge is 0.416 e. The van der Waals surface area contributed by atoms with Crippen LogP contribution in [0.2, 0.25) is 0 Å². The number of halogens is 3. The highest BCUT2D eigenvalue weighted by molar-refractivity contribution is 5.89. The van der Waals surface area contributed by atoms with Gasteiger partial charge in [-0.1, -0.05) is 12.1 Å². The first kappa shape index (κ1) is 19.6. The van der Waals surface area contributed by atoms with Gasteiger partial charge in [-0.3, -0.25) is 4.79 Å².